The minimum atomic E-state index is 0.692. The molecule has 2 bridgehead atoms. The van der Waals surface area contributed by atoms with Crippen LogP contribution in [0.4, 0.5) is 0 Å². The summed E-state index contributed by atoms with van der Waals surface area (Å²) in [6, 6.07) is 37.4. The minimum absolute atomic E-state index is 0.692. The van der Waals surface area contributed by atoms with Gasteiger partial charge in [0, 0.05) is 16.5 Å². The van der Waals surface area contributed by atoms with Crippen LogP contribution >= 0.6 is 0 Å². The van der Waals surface area contributed by atoms with Crippen LogP contribution in [0.1, 0.15) is 59.4 Å². The number of fused-ring (bicyclic) bond motifs is 5. The van der Waals surface area contributed by atoms with E-state index >= 15 is 0 Å². The summed E-state index contributed by atoms with van der Waals surface area (Å²) in [6.45, 7) is 8.79. The fourth-order valence-electron chi connectivity index (χ4n) is 8.65. The van der Waals surface area contributed by atoms with Gasteiger partial charge >= 0.3 is 0 Å². The molecule has 0 radical (unpaired) electrons. The van der Waals surface area contributed by atoms with Gasteiger partial charge in [0.15, 0.2) is 0 Å². The molecule has 1 heterocycles. The summed E-state index contributed by atoms with van der Waals surface area (Å²) in [6.07, 6.45) is 5.59. The Morgan fingerprint density at radius 1 is 0.476 bits per heavy atom. The lowest BCUT2D eigenvalue weighted by molar-refractivity contribution is 0.480. The number of rotatable bonds is 4. The van der Waals surface area contributed by atoms with Gasteiger partial charge in [0.05, 0.1) is 11.0 Å². The molecule has 2 fully saturated rings. The van der Waals surface area contributed by atoms with Crippen molar-refractivity contribution in [2.45, 2.75) is 59.3 Å². The molecule has 5 aromatic carbocycles. The highest BCUT2D eigenvalue weighted by Gasteiger charge is 2.43. The molecule has 0 atom stereocenters. The van der Waals surface area contributed by atoms with E-state index < -0.39 is 0 Å². The van der Waals surface area contributed by atoms with Crippen molar-refractivity contribution in [2.75, 3.05) is 0 Å². The Kier molecular flexibility index (Phi) is 5.93. The molecule has 1 aromatic heterocycles. The number of hydrogen-bond donors (Lipinski definition) is 0. The van der Waals surface area contributed by atoms with E-state index in [1.54, 1.807) is 5.56 Å². The van der Waals surface area contributed by atoms with Crippen LogP contribution in [0.2, 0.25) is 0 Å². The molecule has 208 valence electrons. The lowest BCUT2D eigenvalue weighted by atomic mass is 9.88. The standard InChI is InChI=1S/C41H39N/c1-25-17-26(2)20-33(19-25)31-13-15-39-36(23-31)37-24-32(34-21-27(3)18-28(4)22-34)14-16-40(37)42(39)38-8-6-5-7-35(38)41-29-9-10-30(41)12-11-29/h5-8,13-24,29-30,41H,9-12H2,1-4H3. The van der Waals surface area contributed by atoms with Crippen LogP contribution in [-0.4, -0.2) is 4.57 Å². The van der Waals surface area contributed by atoms with E-state index in [4.69, 9.17) is 0 Å². The Morgan fingerprint density at radius 3 is 1.40 bits per heavy atom. The summed E-state index contributed by atoms with van der Waals surface area (Å²) in [7, 11) is 0. The topological polar surface area (TPSA) is 4.93 Å². The average Bonchev–Trinajstić information content (AvgIpc) is 3.66. The molecule has 0 spiro atoms. The van der Waals surface area contributed by atoms with E-state index in [2.05, 4.69) is 129 Å². The first kappa shape index (κ1) is 25.6. The maximum Gasteiger partial charge on any atom is 0.0541 e. The van der Waals surface area contributed by atoms with Gasteiger partial charge in [-0.2, -0.15) is 0 Å². The predicted molar refractivity (Wildman–Crippen MR) is 179 cm³/mol. The highest BCUT2D eigenvalue weighted by molar-refractivity contribution is 6.11. The molecule has 0 saturated heterocycles. The highest BCUT2D eigenvalue weighted by Crippen LogP contribution is 2.56. The second-order valence-corrected chi connectivity index (χ2v) is 13.3. The fraction of sp³-hybridized carbons (Fsp3) is 0.268. The summed E-state index contributed by atoms with van der Waals surface area (Å²) < 4.78 is 2.58. The monoisotopic (exact) mass is 545 g/mol. The van der Waals surface area contributed by atoms with Crippen LogP contribution in [0.3, 0.4) is 0 Å². The molecule has 1 nitrogen and oxygen atoms in total. The van der Waals surface area contributed by atoms with Crippen molar-refractivity contribution in [1.82, 2.24) is 4.57 Å². The second kappa shape index (κ2) is 9.73. The van der Waals surface area contributed by atoms with E-state index in [0.717, 1.165) is 11.8 Å². The zero-order valence-electron chi connectivity index (χ0n) is 25.2. The maximum atomic E-state index is 2.58. The van der Waals surface area contributed by atoms with E-state index in [1.165, 1.54) is 97.7 Å². The van der Waals surface area contributed by atoms with Crippen molar-refractivity contribution in [2.24, 2.45) is 11.8 Å². The van der Waals surface area contributed by atoms with Gasteiger partial charge in [-0.15, -0.1) is 0 Å². The largest absolute Gasteiger partial charge is 0.309 e. The van der Waals surface area contributed by atoms with E-state index in [0.29, 0.717) is 5.92 Å². The van der Waals surface area contributed by atoms with Gasteiger partial charge < -0.3 is 4.57 Å². The first-order chi connectivity index (χ1) is 20.4. The van der Waals surface area contributed by atoms with Gasteiger partial charge in [-0.05, 0) is 129 Å². The number of hydrogen-bond acceptors (Lipinski definition) is 0. The summed E-state index contributed by atoms with van der Waals surface area (Å²) in [5.74, 6) is 2.38. The SMILES string of the molecule is Cc1cc(C)cc(-c2ccc3c(c2)c2cc(-c4cc(C)cc(C)c4)ccc2n3-c2ccccc2C2C3CCC2CC3)c1. The Balaban J connectivity index is 1.40. The van der Waals surface area contributed by atoms with Gasteiger partial charge in [-0.3, -0.25) is 0 Å². The van der Waals surface area contributed by atoms with Crippen LogP contribution in [0.15, 0.2) is 97.1 Å². The van der Waals surface area contributed by atoms with Crippen molar-refractivity contribution in [3.63, 3.8) is 0 Å². The third-order valence-corrected chi connectivity index (χ3v) is 10.2. The fourth-order valence-corrected chi connectivity index (χ4v) is 8.65. The number of benzene rings is 5. The molecule has 0 amide bonds. The predicted octanol–water partition coefficient (Wildman–Crippen LogP) is 11.3. The number of aryl methyl sites for hydroxylation is 4. The normalized spacial score (nSPS) is 19.8. The van der Waals surface area contributed by atoms with Gasteiger partial charge in [0.25, 0.3) is 0 Å². The number of para-hydroxylation sites is 1. The highest BCUT2D eigenvalue weighted by atomic mass is 15.0. The molecule has 2 saturated carbocycles. The molecule has 0 unspecified atom stereocenters. The molecule has 2 aliphatic carbocycles. The zero-order valence-corrected chi connectivity index (χ0v) is 25.2. The lowest BCUT2D eigenvalue weighted by Crippen LogP contribution is -2.09. The summed E-state index contributed by atoms with van der Waals surface area (Å²) >= 11 is 0. The molecule has 42 heavy (non-hydrogen) atoms. The van der Waals surface area contributed by atoms with E-state index in [-0.39, 0.29) is 0 Å². The third kappa shape index (κ3) is 4.13. The Hall–Kier alpha value is -4.10. The molecule has 2 aliphatic rings. The van der Waals surface area contributed by atoms with Crippen LogP contribution in [0.25, 0.3) is 49.7 Å². The van der Waals surface area contributed by atoms with Crippen LogP contribution in [0.5, 0.6) is 0 Å². The maximum absolute atomic E-state index is 2.58. The van der Waals surface area contributed by atoms with Gasteiger partial charge in [-0.1, -0.05) is 89.0 Å². The summed E-state index contributed by atoms with van der Waals surface area (Å²) in [5, 5.41) is 2.66. The molecular weight excluding hydrogens is 506 g/mol. The van der Waals surface area contributed by atoms with Crippen molar-refractivity contribution in [1.29, 1.82) is 0 Å². The Labute approximate surface area is 249 Å². The summed E-state index contributed by atoms with van der Waals surface area (Å²) in [5.41, 5.74) is 15.9. The molecule has 0 aliphatic heterocycles. The molecule has 1 heteroatoms. The van der Waals surface area contributed by atoms with Gasteiger partial charge in [0.2, 0.25) is 0 Å². The molecule has 8 rings (SSSR count). The number of nitrogens with zero attached hydrogens (tertiary/aromatic N) is 1. The number of aromatic nitrogens is 1. The minimum Gasteiger partial charge on any atom is -0.309 e. The lowest BCUT2D eigenvalue weighted by Gasteiger charge is -2.22. The molecule has 6 aromatic rings. The Bertz CT molecular complexity index is 1830. The van der Waals surface area contributed by atoms with Crippen LogP contribution in [-0.2, 0) is 0 Å². The van der Waals surface area contributed by atoms with Crippen molar-refractivity contribution < 1.29 is 0 Å². The van der Waals surface area contributed by atoms with Gasteiger partial charge in [-0.25, -0.2) is 0 Å². The van der Waals surface area contributed by atoms with Crippen LogP contribution in [0, 0.1) is 39.5 Å². The average molecular weight is 546 g/mol. The summed E-state index contributed by atoms with van der Waals surface area (Å²) in [4.78, 5) is 0. The molecular formula is C41H39N. The second-order valence-electron chi connectivity index (χ2n) is 13.3. The van der Waals surface area contributed by atoms with E-state index in [1.807, 2.05) is 0 Å². The molecule has 0 N–H and O–H groups in total. The van der Waals surface area contributed by atoms with E-state index in [9.17, 15) is 0 Å². The zero-order chi connectivity index (χ0) is 28.5. The first-order valence-electron chi connectivity index (χ1n) is 15.8. The quantitative estimate of drug-likeness (QED) is 0.208. The van der Waals surface area contributed by atoms with Crippen LogP contribution < -0.4 is 0 Å². The first-order valence-corrected chi connectivity index (χ1v) is 15.8. The van der Waals surface area contributed by atoms with Crippen molar-refractivity contribution in [3.8, 4) is 27.9 Å². The van der Waals surface area contributed by atoms with Gasteiger partial charge in [0.1, 0.15) is 0 Å². The third-order valence-electron chi connectivity index (χ3n) is 10.2. The van der Waals surface area contributed by atoms with Crippen molar-refractivity contribution in [3.05, 3.63) is 125 Å². The Morgan fingerprint density at radius 2 is 0.929 bits per heavy atom. The van der Waals surface area contributed by atoms with Crippen molar-refractivity contribution >= 4 is 21.8 Å². The smallest absolute Gasteiger partial charge is 0.0541 e.